The van der Waals surface area contributed by atoms with E-state index in [2.05, 4.69) is 16.8 Å². The van der Waals surface area contributed by atoms with Crippen molar-refractivity contribution in [1.82, 2.24) is 10.2 Å². The lowest BCUT2D eigenvalue weighted by molar-refractivity contribution is 0.162. The van der Waals surface area contributed by atoms with Crippen LogP contribution in [-0.2, 0) is 0 Å². The average Bonchev–Trinajstić information content (AvgIpc) is 2.51. The summed E-state index contributed by atoms with van der Waals surface area (Å²) in [5, 5.41) is 13.7. The second-order valence-electron chi connectivity index (χ2n) is 5.21. The molecule has 116 valence electrons. The van der Waals surface area contributed by atoms with Gasteiger partial charge >= 0.3 is 0 Å². The summed E-state index contributed by atoms with van der Waals surface area (Å²) >= 11 is 0. The lowest BCUT2D eigenvalue weighted by atomic mass is 9.98. The highest BCUT2D eigenvalue weighted by atomic mass is 19.1. The Morgan fingerprint density at radius 1 is 1.48 bits per heavy atom. The number of halogens is 1. The Hall–Kier alpha value is -1.59. The Kier molecular flexibility index (Phi) is 5.59. The van der Waals surface area contributed by atoms with Gasteiger partial charge in [0.15, 0.2) is 11.5 Å². The lowest BCUT2D eigenvalue weighted by Crippen LogP contribution is -2.45. The van der Waals surface area contributed by atoms with Crippen LogP contribution in [-0.4, -0.2) is 43.3 Å². The second kappa shape index (κ2) is 7.43. The molecule has 1 aromatic rings. The number of phenols is 1. The van der Waals surface area contributed by atoms with E-state index in [0.717, 1.165) is 39.0 Å². The van der Waals surface area contributed by atoms with Crippen molar-refractivity contribution in [2.75, 3.05) is 33.3 Å². The van der Waals surface area contributed by atoms with Crippen LogP contribution in [0.15, 0.2) is 24.8 Å². The maximum atomic E-state index is 13.8. The van der Waals surface area contributed by atoms with Crippen LogP contribution >= 0.6 is 0 Å². The number of piperazine rings is 1. The number of hydrogen-bond donors (Lipinski definition) is 2. The molecule has 1 heterocycles. The molecule has 2 N–H and O–H groups in total. The van der Waals surface area contributed by atoms with Crippen molar-refractivity contribution in [3.05, 3.63) is 36.2 Å². The molecule has 1 atom stereocenters. The van der Waals surface area contributed by atoms with Crippen molar-refractivity contribution in [3.8, 4) is 11.5 Å². The first-order chi connectivity index (χ1) is 10.2. The summed E-state index contributed by atoms with van der Waals surface area (Å²) in [4.78, 5) is 2.27. The molecule has 1 aliphatic heterocycles. The maximum Gasteiger partial charge on any atom is 0.163 e. The average molecular weight is 294 g/mol. The Balaban J connectivity index is 2.34. The van der Waals surface area contributed by atoms with Gasteiger partial charge in [0.25, 0.3) is 0 Å². The van der Waals surface area contributed by atoms with Gasteiger partial charge in [0.1, 0.15) is 5.82 Å². The van der Waals surface area contributed by atoms with Gasteiger partial charge in [-0.05, 0) is 18.9 Å². The van der Waals surface area contributed by atoms with E-state index < -0.39 is 5.82 Å². The van der Waals surface area contributed by atoms with E-state index in [1.165, 1.54) is 19.2 Å². The fourth-order valence-corrected chi connectivity index (χ4v) is 2.81. The summed E-state index contributed by atoms with van der Waals surface area (Å²) in [5.74, 6) is -0.173. The van der Waals surface area contributed by atoms with E-state index in [1.807, 2.05) is 6.08 Å². The van der Waals surface area contributed by atoms with E-state index in [0.29, 0.717) is 5.56 Å². The number of hydrogen-bond acceptors (Lipinski definition) is 4. The third-order valence-corrected chi connectivity index (χ3v) is 3.88. The predicted octanol–water partition coefficient (Wildman–Crippen LogP) is 2.45. The number of allylic oxidation sites excluding steroid dienone is 1. The van der Waals surface area contributed by atoms with Gasteiger partial charge in [0.05, 0.1) is 7.11 Å². The van der Waals surface area contributed by atoms with Crippen molar-refractivity contribution < 1.29 is 14.2 Å². The smallest absolute Gasteiger partial charge is 0.163 e. The minimum absolute atomic E-state index is 0.0327. The van der Waals surface area contributed by atoms with E-state index in [1.54, 1.807) is 0 Å². The van der Waals surface area contributed by atoms with Crippen LogP contribution in [0.4, 0.5) is 4.39 Å². The molecule has 0 aromatic heterocycles. The molecule has 0 saturated carbocycles. The van der Waals surface area contributed by atoms with Crippen LogP contribution in [0.1, 0.15) is 24.4 Å². The normalized spacial score (nSPS) is 17.4. The van der Waals surface area contributed by atoms with Gasteiger partial charge in [0.2, 0.25) is 0 Å². The van der Waals surface area contributed by atoms with Gasteiger partial charge in [-0.15, -0.1) is 6.58 Å². The number of aromatic hydroxyl groups is 1. The molecule has 1 aliphatic rings. The molecule has 2 rings (SSSR count). The van der Waals surface area contributed by atoms with E-state index >= 15 is 0 Å². The maximum absolute atomic E-state index is 13.8. The summed E-state index contributed by atoms with van der Waals surface area (Å²) in [6.45, 7) is 7.30. The van der Waals surface area contributed by atoms with Crippen LogP contribution < -0.4 is 10.1 Å². The SMILES string of the molecule is C=CCC[C@@H](c1cc(F)cc(OC)c1O)N1CCNCC1. The van der Waals surface area contributed by atoms with Crippen molar-refractivity contribution in [2.24, 2.45) is 0 Å². The molecule has 1 saturated heterocycles. The van der Waals surface area contributed by atoms with Crippen molar-refractivity contribution >= 4 is 0 Å². The first kappa shape index (κ1) is 15.8. The van der Waals surface area contributed by atoms with Crippen LogP contribution in [0.3, 0.4) is 0 Å². The van der Waals surface area contributed by atoms with E-state index in [4.69, 9.17) is 4.74 Å². The topological polar surface area (TPSA) is 44.7 Å². The number of nitrogens with one attached hydrogen (secondary N) is 1. The molecule has 0 unspecified atom stereocenters. The molecular formula is C16H23FN2O2. The number of methoxy groups -OCH3 is 1. The molecular weight excluding hydrogens is 271 g/mol. The molecule has 21 heavy (non-hydrogen) atoms. The monoisotopic (exact) mass is 294 g/mol. The van der Waals surface area contributed by atoms with Gasteiger partial charge in [-0.25, -0.2) is 4.39 Å². The van der Waals surface area contributed by atoms with Gasteiger partial charge in [-0.2, -0.15) is 0 Å². The minimum atomic E-state index is -0.390. The van der Waals surface area contributed by atoms with Crippen LogP contribution in [0.5, 0.6) is 11.5 Å². The Bertz CT molecular complexity index is 487. The third kappa shape index (κ3) is 3.74. The molecule has 1 fully saturated rings. The van der Waals surface area contributed by atoms with Crippen LogP contribution in [0.25, 0.3) is 0 Å². The second-order valence-corrected chi connectivity index (χ2v) is 5.21. The zero-order chi connectivity index (χ0) is 15.2. The first-order valence-corrected chi connectivity index (χ1v) is 7.29. The Morgan fingerprint density at radius 2 is 2.19 bits per heavy atom. The molecule has 0 amide bonds. The highest BCUT2D eigenvalue weighted by molar-refractivity contribution is 5.47. The molecule has 0 bridgehead atoms. The fraction of sp³-hybridized carbons (Fsp3) is 0.500. The largest absolute Gasteiger partial charge is 0.504 e. The van der Waals surface area contributed by atoms with Crippen LogP contribution in [0, 0.1) is 5.82 Å². The third-order valence-electron chi connectivity index (χ3n) is 3.88. The van der Waals surface area contributed by atoms with Crippen LogP contribution in [0.2, 0.25) is 0 Å². The number of benzene rings is 1. The standard InChI is InChI=1S/C16H23FN2O2/c1-3-4-5-14(19-8-6-18-7-9-19)13-10-12(17)11-15(21-2)16(13)20/h3,10-11,14,18,20H,1,4-9H2,2H3/t14-/m0/s1. The number of phenolic OH excluding ortho intramolecular Hbond substituents is 1. The summed E-state index contributed by atoms with van der Waals surface area (Å²) in [6.07, 6.45) is 3.46. The molecule has 4 nitrogen and oxygen atoms in total. The Morgan fingerprint density at radius 3 is 2.81 bits per heavy atom. The quantitative estimate of drug-likeness (QED) is 0.791. The zero-order valence-electron chi connectivity index (χ0n) is 12.4. The molecule has 0 radical (unpaired) electrons. The first-order valence-electron chi connectivity index (χ1n) is 7.29. The molecule has 0 aliphatic carbocycles. The fourth-order valence-electron chi connectivity index (χ4n) is 2.81. The number of ether oxygens (including phenoxy) is 1. The van der Waals surface area contributed by atoms with Gasteiger partial charge in [-0.1, -0.05) is 6.08 Å². The van der Waals surface area contributed by atoms with Gasteiger partial charge in [-0.3, -0.25) is 4.90 Å². The summed E-state index contributed by atoms with van der Waals surface area (Å²) in [7, 11) is 1.43. The molecule has 5 heteroatoms. The number of rotatable bonds is 6. The van der Waals surface area contributed by atoms with E-state index in [9.17, 15) is 9.50 Å². The highest BCUT2D eigenvalue weighted by Gasteiger charge is 2.26. The summed E-state index contributed by atoms with van der Waals surface area (Å²) in [5.41, 5.74) is 0.593. The zero-order valence-corrected chi connectivity index (χ0v) is 12.4. The van der Waals surface area contributed by atoms with Gasteiger partial charge < -0.3 is 15.2 Å². The Labute approximate surface area is 125 Å². The molecule has 0 spiro atoms. The predicted molar refractivity (Wildman–Crippen MR) is 81.2 cm³/mol. The summed E-state index contributed by atoms with van der Waals surface area (Å²) in [6, 6.07) is 2.59. The van der Waals surface area contributed by atoms with Crippen molar-refractivity contribution in [2.45, 2.75) is 18.9 Å². The number of nitrogens with zero attached hydrogens (tertiary/aromatic N) is 1. The summed E-state index contributed by atoms with van der Waals surface area (Å²) < 4.78 is 18.9. The van der Waals surface area contributed by atoms with Crippen molar-refractivity contribution in [3.63, 3.8) is 0 Å². The van der Waals surface area contributed by atoms with Gasteiger partial charge in [0, 0.05) is 43.9 Å². The minimum Gasteiger partial charge on any atom is -0.504 e. The highest BCUT2D eigenvalue weighted by Crippen LogP contribution is 2.39. The van der Waals surface area contributed by atoms with Crippen molar-refractivity contribution in [1.29, 1.82) is 0 Å². The lowest BCUT2D eigenvalue weighted by Gasteiger charge is -2.35. The molecule has 1 aromatic carbocycles. The van der Waals surface area contributed by atoms with E-state index in [-0.39, 0.29) is 17.5 Å².